The highest BCUT2D eigenvalue weighted by molar-refractivity contribution is 7.85. The zero-order chi connectivity index (χ0) is 24.7. The molecule has 8 nitrogen and oxygen atoms in total. The number of carboxylic acid groups (broad SMARTS) is 2. The Kier molecular flexibility index (Phi) is 9.37. The molecule has 0 aromatic heterocycles. The van der Waals surface area contributed by atoms with Crippen LogP contribution in [0.5, 0.6) is 0 Å². The Bertz CT molecular complexity index is 1070. The van der Waals surface area contributed by atoms with Crippen LogP contribution in [-0.2, 0) is 26.8 Å². The highest BCUT2D eigenvalue weighted by Gasteiger charge is 2.32. The van der Waals surface area contributed by atoms with E-state index in [4.69, 9.17) is 26.9 Å². The Morgan fingerprint density at radius 1 is 1.00 bits per heavy atom. The van der Waals surface area contributed by atoms with Crippen LogP contribution in [0.4, 0.5) is 0 Å². The van der Waals surface area contributed by atoms with Crippen molar-refractivity contribution in [2.24, 2.45) is 0 Å². The summed E-state index contributed by atoms with van der Waals surface area (Å²) < 4.78 is 13.2. The minimum Gasteiger partial charge on any atom is -0.478 e. The topological polar surface area (TPSA) is 118 Å². The number of rotatable bonds is 5. The summed E-state index contributed by atoms with van der Waals surface area (Å²) in [6, 6.07) is 14.0. The minimum absolute atomic E-state index is 0.174. The van der Waals surface area contributed by atoms with Crippen molar-refractivity contribution in [3.05, 3.63) is 70.8 Å². The molecule has 0 spiro atoms. The lowest BCUT2D eigenvalue weighted by atomic mass is 9.96. The lowest BCUT2D eigenvalue weighted by molar-refractivity contribution is -0.134. The molecule has 2 unspecified atom stereocenters. The number of halogens is 1. The van der Waals surface area contributed by atoms with Gasteiger partial charge in [-0.25, -0.2) is 13.8 Å². The van der Waals surface area contributed by atoms with Crippen LogP contribution in [0.15, 0.2) is 64.4 Å². The van der Waals surface area contributed by atoms with Crippen LogP contribution in [-0.4, -0.2) is 80.6 Å². The van der Waals surface area contributed by atoms with E-state index in [1.54, 1.807) is 0 Å². The third-order valence-electron chi connectivity index (χ3n) is 5.75. The average Bonchev–Trinajstić information content (AvgIpc) is 2.93. The first-order valence-corrected chi connectivity index (χ1v) is 12.3. The number of carbonyl (C=O) groups is 2. The number of benzene rings is 2. The first kappa shape index (κ1) is 26.1. The van der Waals surface area contributed by atoms with Crippen LogP contribution in [0.25, 0.3) is 0 Å². The Morgan fingerprint density at radius 3 is 2.26 bits per heavy atom. The predicted molar refractivity (Wildman–Crippen MR) is 129 cm³/mol. The van der Waals surface area contributed by atoms with Gasteiger partial charge in [-0.2, -0.15) is 0 Å². The largest absolute Gasteiger partial charge is 0.478 e. The maximum Gasteiger partial charge on any atom is 0.328 e. The lowest BCUT2D eigenvalue weighted by Gasteiger charge is -2.39. The molecular formula is C24H27ClN2O6S. The summed E-state index contributed by atoms with van der Waals surface area (Å²) in [6.07, 6.45) is 1.96. The summed E-state index contributed by atoms with van der Waals surface area (Å²) in [5.74, 6) is -2.51. The minimum atomic E-state index is -1.26. The second-order valence-electron chi connectivity index (χ2n) is 7.89. The molecule has 0 bridgehead atoms. The van der Waals surface area contributed by atoms with Crippen LogP contribution in [0.1, 0.15) is 17.2 Å². The number of fused-ring (bicyclic) bond motifs is 2. The van der Waals surface area contributed by atoms with Gasteiger partial charge in [0.15, 0.2) is 0 Å². The Labute approximate surface area is 205 Å². The predicted octanol–water partition coefficient (Wildman–Crippen LogP) is 2.43. The number of piperazine rings is 1. The molecule has 4 rings (SSSR count). The summed E-state index contributed by atoms with van der Waals surface area (Å²) in [5, 5.41) is 25.5. The zero-order valence-corrected chi connectivity index (χ0v) is 20.0. The SMILES string of the molecule is O=C(O)/C=C/C(=O)O.O=S1c2ccccc2CC(N2CCN(CCO)CC2)c2cc(Cl)ccc21. The van der Waals surface area contributed by atoms with Crippen LogP contribution in [0, 0.1) is 0 Å². The van der Waals surface area contributed by atoms with Crippen molar-refractivity contribution in [2.75, 3.05) is 39.3 Å². The molecule has 2 aliphatic rings. The van der Waals surface area contributed by atoms with Crippen molar-refractivity contribution < 1.29 is 29.1 Å². The van der Waals surface area contributed by atoms with Crippen LogP contribution < -0.4 is 0 Å². The number of nitrogens with zero attached hydrogens (tertiary/aromatic N) is 2. The number of β-amino-alcohol motifs (C(OH)–C–C–N with tert-alkyl or cyclic N) is 1. The fraction of sp³-hybridized carbons (Fsp3) is 0.333. The van der Waals surface area contributed by atoms with E-state index >= 15 is 0 Å². The summed E-state index contributed by atoms with van der Waals surface area (Å²) >= 11 is 6.30. The fourth-order valence-corrected chi connectivity index (χ4v) is 5.76. The molecule has 2 aromatic rings. The van der Waals surface area contributed by atoms with Gasteiger partial charge >= 0.3 is 11.9 Å². The molecule has 2 aliphatic heterocycles. The first-order chi connectivity index (χ1) is 16.3. The first-order valence-electron chi connectivity index (χ1n) is 10.8. The highest BCUT2D eigenvalue weighted by atomic mass is 35.5. The van der Waals surface area contributed by atoms with Crippen LogP contribution in [0.2, 0.25) is 5.02 Å². The van der Waals surface area contributed by atoms with E-state index in [1.807, 2.05) is 36.4 Å². The molecule has 0 radical (unpaired) electrons. The standard InChI is InChI=1S/C20H23ClN2O2S.C4H4O4/c21-16-5-6-20-17(14-16)18(23-9-7-22(8-10-23)11-12-24)13-15-3-1-2-4-19(15)26(20)25;5-3(6)1-2-4(7)8/h1-6,14,18,24H,7-13H2;1-2H,(H,5,6)(H,7,8)/b;2-1+. The normalized spacial score (nSPS) is 20.5. The molecule has 3 N–H and O–H groups in total. The third-order valence-corrected chi connectivity index (χ3v) is 7.55. The van der Waals surface area contributed by atoms with E-state index in [0.29, 0.717) is 17.2 Å². The monoisotopic (exact) mass is 506 g/mol. The number of aliphatic hydroxyl groups excluding tert-OH is 1. The summed E-state index contributed by atoms with van der Waals surface area (Å²) in [6.45, 7) is 4.69. The zero-order valence-electron chi connectivity index (χ0n) is 18.5. The number of hydrogen-bond donors (Lipinski definition) is 3. The second kappa shape index (κ2) is 12.2. The molecule has 0 aliphatic carbocycles. The highest BCUT2D eigenvalue weighted by Crippen LogP contribution is 2.38. The van der Waals surface area contributed by atoms with Crippen molar-refractivity contribution in [2.45, 2.75) is 22.3 Å². The van der Waals surface area contributed by atoms with E-state index in [0.717, 1.165) is 60.1 Å². The summed E-state index contributed by atoms with van der Waals surface area (Å²) in [5.41, 5.74) is 2.24. The molecule has 34 heavy (non-hydrogen) atoms. The van der Waals surface area contributed by atoms with E-state index in [-0.39, 0.29) is 12.6 Å². The summed E-state index contributed by atoms with van der Waals surface area (Å²) in [4.78, 5) is 25.7. The van der Waals surface area contributed by atoms with E-state index < -0.39 is 22.7 Å². The van der Waals surface area contributed by atoms with Gasteiger partial charge in [0.2, 0.25) is 0 Å². The van der Waals surface area contributed by atoms with Crippen LogP contribution in [0.3, 0.4) is 0 Å². The van der Waals surface area contributed by atoms with Gasteiger partial charge in [-0.1, -0.05) is 29.8 Å². The summed E-state index contributed by atoms with van der Waals surface area (Å²) in [7, 11) is -1.18. The van der Waals surface area contributed by atoms with E-state index in [9.17, 15) is 13.8 Å². The number of aliphatic hydroxyl groups is 1. The van der Waals surface area contributed by atoms with Gasteiger partial charge in [0.05, 0.1) is 17.4 Å². The molecule has 1 fully saturated rings. The van der Waals surface area contributed by atoms with Crippen molar-refractivity contribution >= 4 is 34.3 Å². The smallest absolute Gasteiger partial charge is 0.328 e. The van der Waals surface area contributed by atoms with Gasteiger partial charge in [0.25, 0.3) is 0 Å². The average molecular weight is 507 g/mol. The number of hydrogen-bond acceptors (Lipinski definition) is 6. The van der Waals surface area contributed by atoms with Crippen molar-refractivity contribution in [3.8, 4) is 0 Å². The van der Waals surface area contributed by atoms with Gasteiger partial charge in [-0.15, -0.1) is 0 Å². The van der Waals surface area contributed by atoms with Gasteiger partial charge in [-0.3, -0.25) is 9.80 Å². The lowest BCUT2D eigenvalue weighted by Crippen LogP contribution is -2.48. The van der Waals surface area contributed by atoms with Crippen LogP contribution >= 0.6 is 11.6 Å². The molecule has 2 heterocycles. The molecule has 10 heteroatoms. The van der Waals surface area contributed by atoms with Crippen molar-refractivity contribution in [3.63, 3.8) is 0 Å². The van der Waals surface area contributed by atoms with Crippen molar-refractivity contribution in [1.29, 1.82) is 0 Å². The van der Waals surface area contributed by atoms with Gasteiger partial charge in [0.1, 0.15) is 0 Å². The molecule has 2 aromatic carbocycles. The Hall–Kier alpha value is -2.56. The Balaban J connectivity index is 0.000000350. The van der Waals surface area contributed by atoms with Crippen molar-refractivity contribution in [1.82, 2.24) is 9.80 Å². The van der Waals surface area contributed by atoms with Gasteiger partial charge in [-0.05, 0) is 41.8 Å². The van der Waals surface area contributed by atoms with Gasteiger partial charge < -0.3 is 15.3 Å². The fourth-order valence-electron chi connectivity index (χ4n) is 4.15. The quantitative estimate of drug-likeness (QED) is 0.529. The molecule has 1 saturated heterocycles. The molecule has 0 amide bonds. The molecule has 0 saturated carbocycles. The number of carboxylic acids is 2. The molecule has 182 valence electrons. The number of aliphatic carboxylic acids is 2. The molecule has 2 atom stereocenters. The maximum atomic E-state index is 13.2. The second-order valence-corrected chi connectivity index (χ2v) is 9.74. The van der Waals surface area contributed by atoms with Gasteiger partial charge in [0, 0.05) is 65.7 Å². The maximum absolute atomic E-state index is 13.2. The molecular weight excluding hydrogens is 480 g/mol. The van der Waals surface area contributed by atoms with E-state index in [1.165, 1.54) is 0 Å². The third kappa shape index (κ3) is 6.74. The van der Waals surface area contributed by atoms with E-state index in [2.05, 4.69) is 15.9 Å². The Morgan fingerprint density at radius 2 is 1.65 bits per heavy atom.